The Kier molecular flexibility index (Phi) is 9.92. The quantitative estimate of drug-likeness (QED) is 0.199. The van der Waals surface area contributed by atoms with E-state index in [9.17, 15) is 9.59 Å². The van der Waals surface area contributed by atoms with Crippen molar-refractivity contribution in [2.45, 2.75) is 26.5 Å². The number of rotatable bonds is 9. The lowest BCUT2D eigenvalue weighted by Crippen LogP contribution is -2.40. The molecule has 0 fully saturated rings. The lowest BCUT2D eigenvalue weighted by molar-refractivity contribution is -0.139. The normalized spacial score (nSPS) is 14.3. The number of benzene rings is 3. The molecule has 230 valence electrons. The molecule has 0 bridgehead atoms. The van der Waals surface area contributed by atoms with Crippen LogP contribution in [0.2, 0.25) is 0 Å². The second-order valence-corrected chi connectivity index (χ2v) is 12.5. The Hall–Kier alpha value is -4.18. The van der Waals surface area contributed by atoms with Gasteiger partial charge in [-0.2, -0.15) is 5.26 Å². The van der Waals surface area contributed by atoms with Gasteiger partial charge in [0.25, 0.3) is 5.56 Å². The minimum atomic E-state index is -0.760. The standard InChI is InChI=1S/C33H27Br2N3O6S/c1-5-43-32(40)28-18(2)37-33-38(29(28)22-10-11-25(41-3)23(34)15-22)31(39)27(45-33)14-21-12-24(35)30(26(13-21)42-4)44-17-20-8-6-19(16-36)7-9-20/h6-15,29H,5,17H2,1-4H3/b27-14+/t29-/m1/s1. The molecule has 0 saturated heterocycles. The second-order valence-electron chi connectivity index (χ2n) is 9.83. The molecule has 0 saturated carbocycles. The van der Waals surface area contributed by atoms with E-state index in [0.717, 1.165) is 5.56 Å². The minimum absolute atomic E-state index is 0.183. The highest BCUT2D eigenvalue weighted by Gasteiger charge is 2.33. The Bertz CT molecular complexity index is 2040. The van der Waals surface area contributed by atoms with Gasteiger partial charge in [0.15, 0.2) is 16.3 Å². The fourth-order valence-electron chi connectivity index (χ4n) is 4.91. The fraction of sp³-hybridized carbons (Fsp3) is 0.212. The van der Waals surface area contributed by atoms with E-state index in [0.29, 0.717) is 63.5 Å². The van der Waals surface area contributed by atoms with Crippen LogP contribution in [0.5, 0.6) is 17.2 Å². The topological polar surface area (TPSA) is 112 Å². The molecular formula is C33H27Br2N3O6S. The van der Waals surface area contributed by atoms with Crippen LogP contribution in [0.25, 0.3) is 6.08 Å². The summed E-state index contributed by atoms with van der Waals surface area (Å²) in [6.45, 7) is 3.93. The number of nitriles is 1. The Morgan fingerprint density at radius 2 is 1.80 bits per heavy atom. The van der Waals surface area contributed by atoms with Crippen LogP contribution in [0.4, 0.5) is 0 Å². The predicted octanol–water partition coefficient (Wildman–Crippen LogP) is 5.79. The number of thiazole rings is 1. The van der Waals surface area contributed by atoms with Crippen molar-refractivity contribution in [2.24, 2.45) is 4.99 Å². The van der Waals surface area contributed by atoms with Gasteiger partial charge in [-0.3, -0.25) is 9.36 Å². The van der Waals surface area contributed by atoms with Crippen molar-refractivity contribution in [1.29, 1.82) is 5.26 Å². The van der Waals surface area contributed by atoms with Gasteiger partial charge in [0.2, 0.25) is 0 Å². The summed E-state index contributed by atoms with van der Waals surface area (Å²) in [4.78, 5) is 32.3. The van der Waals surface area contributed by atoms with E-state index in [4.69, 9.17) is 24.2 Å². The Balaban J connectivity index is 1.57. The van der Waals surface area contributed by atoms with Gasteiger partial charge >= 0.3 is 5.97 Å². The maximum atomic E-state index is 14.0. The van der Waals surface area contributed by atoms with E-state index in [-0.39, 0.29) is 18.8 Å². The number of carbonyl (C=O) groups is 1. The summed E-state index contributed by atoms with van der Waals surface area (Å²) in [5.41, 5.74) is 3.32. The van der Waals surface area contributed by atoms with Crippen LogP contribution in [0.3, 0.4) is 0 Å². The lowest BCUT2D eigenvalue weighted by atomic mass is 9.96. The molecule has 9 nitrogen and oxygen atoms in total. The van der Waals surface area contributed by atoms with Crippen molar-refractivity contribution < 1.29 is 23.7 Å². The van der Waals surface area contributed by atoms with Crippen molar-refractivity contribution in [2.75, 3.05) is 20.8 Å². The van der Waals surface area contributed by atoms with E-state index >= 15 is 0 Å². The molecule has 1 aliphatic rings. The summed E-state index contributed by atoms with van der Waals surface area (Å²) in [6, 6.07) is 17.5. The smallest absolute Gasteiger partial charge is 0.338 e. The number of halogens is 2. The van der Waals surface area contributed by atoms with Gasteiger partial charge in [-0.05, 0) is 105 Å². The second kappa shape index (κ2) is 13.9. The number of esters is 1. The molecule has 0 unspecified atom stereocenters. The lowest BCUT2D eigenvalue weighted by Gasteiger charge is -2.25. The molecule has 4 aromatic rings. The van der Waals surface area contributed by atoms with Gasteiger partial charge in [-0.25, -0.2) is 9.79 Å². The fourth-order valence-corrected chi connectivity index (χ4v) is 7.08. The number of carbonyl (C=O) groups excluding carboxylic acids is 1. The van der Waals surface area contributed by atoms with Crippen molar-refractivity contribution in [3.8, 4) is 23.3 Å². The first-order valence-electron chi connectivity index (χ1n) is 13.7. The van der Waals surface area contributed by atoms with Crippen LogP contribution in [0.15, 0.2) is 84.6 Å². The SMILES string of the molecule is CCOC(=O)C1=C(C)N=c2s/c(=C/c3cc(Br)c(OCc4ccc(C#N)cc4)c(OC)c3)c(=O)n2[C@@H]1c1ccc(OC)c(Br)c1. The third kappa shape index (κ3) is 6.61. The van der Waals surface area contributed by atoms with Gasteiger partial charge in [0, 0.05) is 0 Å². The molecule has 0 amide bonds. The predicted molar refractivity (Wildman–Crippen MR) is 177 cm³/mol. The summed E-state index contributed by atoms with van der Waals surface area (Å²) in [7, 11) is 3.11. The van der Waals surface area contributed by atoms with Gasteiger partial charge in [-0.15, -0.1) is 0 Å². The van der Waals surface area contributed by atoms with E-state index in [1.807, 2.05) is 30.3 Å². The molecule has 12 heteroatoms. The van der Waals surface area contributed by atoms with Gasteiger partial charge in [-0.1, -0.05) is 29.5 Å². The highest BCUT2D eigenvalue weighted by atomic mass is 79.9. The minimum Gasteiger partial charge on any atom is -0.496 e. The number of allylic oxidation sites excluding steroid dienone is 1. The van der Waals surface area contributed by atoms with Crippen LogP contribution >= 0.6 is 43.2 Å². The molecule has 0 N–H and O–H groups in total. The maximum Gasteiger partial charge on any atom is 0.338 e. The van der Waals surface area contributed by atoms with Crippen LogP contribution < -0.4 is 29.1 Å². The summed E-state index contributed by atoms with van der Waals surface area (Å²) in [6.07, 6.45) is 1.76. The van der Waals surface area contributed by atoms with Crippen LogP contribution in [-0.4, -0.2) is 31.4 Å². The summed E-state index contributed by atoms with van der Waals surface area (Å²) < 4.78 is 25.7. The van der Waals surface area contributed by atoms with Gasteiger partial charge < -0.3 is 18.9 Å². The molecule has 1 aliphatic heterocycles. The van der Waals surface area contributed by atoms with Gasteiger partial charge in [0.05, 0.1) is 63.2 Å². The van der Waals surface area contributed by atoms with E-state index in [1.54, 1.807) is 58.4 Å². The molecule has 45 heavy (non-hydrogen) atoms. The third-order valence-corrected chi connectivity index (χ3v) is 9.22. The Morgan fingerprint density at radius 3 is 2.44 bits per heavy atom. The number of hydrogen-bond acceptors (Lipinski definition) is 9. The number of nitrogens with zero attached hydrogens (tertiary/aromatic N) is 3. The number of fused-ring (bicyclic) bond motifs is 1. The van der Waals surface area contributed by atoms with Crippen molar-refractivity contribution in [3.63, 3.8) is 0 Å². The summed E-state index contributed by atoms with van der Waals surface area (Å²) in [5, 5.41) is 9.04. The van der Waals surface area contributed by atoms with Crippen molar-refractivity contribution >= 4 is 55.2 Å². The molecule has 1 aromatic heterocycles. The molecular weight excluding hydrogens is 726 g/mol. The molecule has 5 rings (SSSR count). The first-order chi connectivity index (χ1) is 21.7. The van der Waals surface area contributed by atoms with Crippen LogP contribution in [0.1, 0.15) is 42.1 Å². The molecule has 3 aromatic carbocycles. The largest absolute Gasteiger partial charge is 0.496 e. The van der Waals surface area contributed by atoms with Crippen molar-refractivity contribution in [1.82, 2.24) is 4.57 Å². The van der Waals surface area contributed by atoms with E-state index < -0.39 is 12.0 Å². The Labute approximate surface area is 279 Å². The zero-order chi connectivity index (χ0) is 32.2. The highest BCUT2D eigenvalue weighted by Crippen LogP contribution is 2.38. The first kappa shape index (κ1) is 32.2. The molecule has 0 spiro atoms. The average Bonchev–Trinajstić information content (AvgIpc) is 3.33. The number of ether oxygens (including phenoxy) is 4. The van der Waals surface area contributed by atoms with E-state index in [1.165, 1.54) is 15.9 Å². The number of methoxy groups -OCH3 is 2. The molecule has 2 heterocycles. The first-order valence-corrected chi connectivity index (χ1v) is 16.1. The number of hydrogen-bond donors (Lipinski definition) is 0. The summed E-state index contributed by atoms with van der Waals surface area (Å²) >= 11 is 8.35. The van der Waals surface area contributed by atoms with Crippen LogP contribution in [0, 0.1) is 11.3 Å². The average molecular weight is 753 g/mol. The van der Waals surface area contributed by atoms with Gasteiger partial charge in [0.1, 0.15) is 12.4 Å². The van der Waals surface area contributed by atoms with Crippen molar-refractivity contribution in [3.05, 3.63) is 117 Å². The zero-order valence-corrected chi connectivity index (χ0v) is 28.7. The molecule has 1 atom stereocenters. The Morgan fingerprint density at radius 1 is 1.07 bits per heavy atom. The van der Waals surface area contributed by atoms with Crippen LogP contribution in [-0.2, 0) is 16.1 Å². The van der Waals surface area contributed by atoms with E-state index in [2.05, 4.69) is 42.9 Å². The highest BCUT2D eigenvalue weighted by molar-refractivity contribution is 9.11. The molecule has 0 radical (unpaired) electrons. The molecule has 0 aliphatic carbocycles. The zero-order valence-electron chi connectivity index (χ0n) is 24.7. The summed E-state index contributed by atoms with van der Waals surface area (Å²) in [5.74, 6) is 1.06. The monoisotopic (exact) mass is 751 g/mol. The number of aromatic nitrogens is 1. The third-order valence-electron chi connectivity index (χ3n) is 7.02. The maximum absolute atomic E-state index is 14.0.